The van der Waals surface area contributed by atoms with Crippen LogP contribution in [0.3, 0.4) is 0 Å². The molecule has 0 spiro atoms. The fourth-order valence-electron chi connectivity index (χ4n) is 1.64. The van der Waals surface area contributed by atoms with Gasteiger partial charge in [-0.2, -0.15) is 13.2 Å². The Hall–Kier alpha value is -0.430. The fraction of sp³-hybridized carbons (Fsp3) is 0.889. The molecule has 2 atom stereocenters. The number of hydrogen-bond acceptors (Lipinski definition) is 3. The Labute approximate surface area is 96.5 Å². The highest BCUT2D eigenvalue weighted by Gasteiger charge is 2.30. The second kappa shape index (κ2) is 5.77. The Bertz CT molecular complexity index is 247. The Balaban J connectivity index is 2.28. The van der Waals surface area contributed by atoms with E-state index in [0.717, 1.165) is 19.4 Å². The maximum Gasteiger partial charge on any atom is 0.442 e. The molecule has 0 aromatic heterocycles. The Kier molecular flexibility index (Phi) is 4.91. The van der Waals surface area contributed by atoms with Gasteiger partial charge in [-0.25, -0.2) is 0 Å². The van der Waals surface area contributed by atoms with E-state index in [1.807, 2.05) is 6.92 Å². The zero-order valence-corrected chi connectivity index (χ0v) is 9.75. The van der Waals surface area contributed by atoms with Crippen LogP contribution >= 0.6 is 11.8 Å². The first-order valence-electron chi connectivity index (χ1n) is 5.12. The summed E-state index contributed by atoms with van der Waals surface area (Å²) in [5.74, 6) is -1.12. The summed E-state index contributed by atoms with van der Waals surface area (Å²) in [5, 5.41) is 5.78. The number of halogens is 3. The van der Waals surface area contributed by atoms with E-state index >= 15 is 0 Å². The van der Waals surface area contributed by atoms with Crippen LogP contribution in [0, 0.1) is 0 Å². The molecule has 1 aliphatic heterocycles. The number of nitrogens with one attached hydrogen (secondary N) is 2. The quantitative estimate of drug-likeness (QED) is 0.804. The molecule has 0 radical (unpaired) electrons. The van der Waals surface area contributed by atoms with Crippen molar-refractivity contribution in [3.05, 3.63) is 0 Å². The first-order chi connectivity index (χ1) is 7.38. The molecular weight excluding hydrogens is 241 g/mol. The number of carbonyl (C=O) groups excluding carboxylic acids is 1. The van der Waals surface area contributed by atoms with Crippen LogP contribution in [0.15, 0.2) is 0 Å². The van der Waals surface area contributed by atoms with E-state index in [1.54, 1.807) is 0 Å². The molecule has 1 heterocycles. The van der Waals surface area contributed by atoms with Crippen LogP contribution in [0.5, 0.6) is 0 Å². The molecule has 0 aromatic rings. The molecule has 1 aliphatic rings. The standard InChI is InChI=1S/C9H15F3N2OS/c1-6-7(3-2-4-13-6)14-8(15)5-16-9(10,11)12/h6-7,13H,2-5H2,1H3,(H,14,15). The van der Waals surface area contributed by atoms with Gasteiger partial charge in [-0.3, -0.25) is 4.79 Å². The number of alkyl halides is 3. The number of amides is 1. The first-order valence-corrected chi connectivity index (χ1v) is 6.10. The minimum absolute atomic E-state index is 0.0601. The van der Waals surface area contributed by atoms with E-state index in [4.69, 9.17) is 0 Å². The minimum atomic E-state index is -4.34. The molecule has 0 aromatic carbocycles. The molecule has 1 rings (SSSR count). The van der Waals surface area contributed by atoms with Crippen LogP contribution in [-0.4, -0.2) is 35.8 Å². The number of thioether (sulfide) groups is 1. The smallest absolute Gasteiger partial charge is 0.351 e. The summed E-state index contributed by atoms with van der Waals surface area (Å²) in [6.45, 7) is 2.81. The lowest BCUT2D eigenvalue weighted by Crippen LogP contribution is -2.52. The predicted molar refractivity (Wildman–Crippen MR) is 57.1 cm³/mol. The molecule has 7 heteroatoms. The largest absolute Gasteiger partial charge is 0.442 e. The van der Waals surface area contributed by atoms with Crippen molar-refractivity contribution in [3.63, 3.8) is 0 Å². The van der Waals surface area contributed by atoms with Gasteiger partial charge in [0.05, 0.1) is 5.75 Å². The summed E-state index contributed by atoms with van der Waals surface area (Å²) < 4.78 is 35.5. The minimum Gasteiger partial charge on any atom is -0.351 e. The monoisotopic (exact) mass is 256 g/mol. The maximum absolute atomic E-state index is 11.8. The molecule has 3 nitrogen and oxygen atoms in total. The van der Waals surface area contributed by atoms with Crippen molar-refractivity contribution in [3.8, 4) is 0 Å². The number of piperidine rings is 1. The zero-order chi connectivity index (χ0) is 12.2. The van der Waals surface area contributed by atoms with E-state index in [0.29, 0.717) is 0 Å². The van der Waals surface area contributed by atoms with E-state index < -0.39 is 17.2 Å². The Morgan fingerprint density at radius 1 is 1.56 bits per heavy atom. The lowest BCUT2D eigenvalue weighted by atomic mass is 10.00. The molecule has 16 heavy (non-hydrogen) atoms. The molecule has 2 unspecified atom stereocenters. The third-order valence-corrected chi connectivity index (χ3v) is 3.21. The van der Waals surface area contributed by atoms with Gasteiger partial charge >= 0.3 is 5.51 Å². The van der Waals surface area contributed by atoms with Crippen molar-refractivity contribution in [1.29, 1.82) is 0 Å². The average Bonchev–Trinajstić information content (AvgIpc) is 2.18. The van der Waals surface area contributed by atoms with Crippen molar-refractivity contribution in [1.82, 2.24) is 10.6 Å². The van der Waals surface area contributed by atoms with E-state index in [1.165, 1.54) is 0 Å². The van der Waals surface area contributed by atoms with Crippen molar-refractivity contribution >= 4 is 17.7 Å². The van der Waals surface area contributed by atoms with Crippen molar-refractivity contribution in [2.75, 3.05) is 12.3 Å². The van der Waals surface area contributed by atoms with Crippen molar-refractivity contribution < 1.29 is 18.0 Å². The number of rotatable bonds is 3. The average molecular weight is 256 g/mol. The molecule has 1 saturated heterocycles. The SMILES string of the molecule is CC1NCCCC1NC(=O)CSC(F)(F)F. The molecular formula is C9H15F3N2OS. The highest BCUT2D eigenvalue weighted by atomic mass is 32.2. The summed E-state index contributed by atoms with van der Waals surface area (Å²) in [7, 11) is 0. The molecule has 0 aliphatic carbocycles. The Morgan fingerprint density at radius 3 is 2.81 bits per heavy atom. The Morgan fingerprint density at radius 2 is 2.25 bits per heavy atom. The van der Waals surface area contributed by atoms with E-state index in [-0.39, 0.29) is 23.8 Å². The van der Waals surface area contributed by atoms with Gasteiger partial charge < -0.3 is 10.6 Å². The molecule has 2 N–H and O–H groups in total. The highest BCUT2D eigenvalue weighted by Crippen LogP contribution is 2.29. The van der Waals surface area contributed by atoms with Crippen molar-refractivity contribution in [2.45, 2.75) is 37.4 Å². The van der Waals surface area contributed by atoms with Gasteiger partial charge in [-0.15, -0.1) is 0 Å². The van der Waals surface area contributed by atoms with Gasteiger partial charge in [-0.1, -0.05) is 0 Å². The van der Waals surface area contributed by atoms with Crippen LogP contribution in [0.2, 0.25) is 0 Å². The summed E-state index contributed by atoms with van der Waals surface area (Å²) in [6.07, 6.45) is 1.75. The summed E-state index contributed by atoms with van der Waals surface area (Å²) in [6, 6.07) is 0.0590. The molecule has 1 amide bonds. The zero-order valence-electron chi connectivity index (χ0n) is 8.93. The van der Waals surface area contributed by atoms with E-state index in [9.17, 15) is 18.0 Å². The summed E-state index contributed by atoms with van der Waals surface area (Å²) >= 11 is -0.301. The van der Waals surface area contributed by atoms with Crippen LogP contribution in [0.4, 0.5) is 13.2 Å². The first kappa shape index (κ1) is 13.6. The fourth-order valence-corrected chi connectivity index (χ4v) is 2.02. The van der Waals surface area contributed by atoms with E-state index in [2.05, 4.69) is 10.6 Å². The topological polar surface area (TPSA) is 41.1 Å². The van der Waals surface area contributed by atoms with Gasteiger partial charge in [0.15, 0.2) is 0 Å². The second-order valence-corrected chi connectivity index (χ2v) is 4.83. The number of carbonyl (C=O) groups is 1. The van der Waals surface area contributed by atoms with Crippen LogP contribution in [-0.2, 0) is 4.79 Å². The normalized spacial score (nSPS) is 26.5. The van der Waals surface area contributed by atoms with Crippen LogP contribution < -0.4 is 10.6 Å². The maximum atomic E-state index is 11.8. The van der Waals surface area contributed by atoms with Gasteiger partial charge in [0.2, 0.25) is 5.91 Å². The molecule has 94 valence electrons. The highest BCUT2D eigenvalue weighted by molar-refractivity contribution is 8.00. The van der Waals surface area contributed by atoms with Gasteiger partial charge in [0, 0.05) is 12.1 Å². The summed E-state index contributed by atoms with van der Waals surface area (Å²) in [5.41, 5.74) is -4.34. The third kappa shape index (κ3) is 5.07. The lowest BCUT2D eigenvalue weighted by Gasteiger charge is -2.30. The van der Waals surface area contributed by atoms with Gasteiger partial charge in [-0.05, 0) is 38.1 Å². The third-order valence-electron chi connectivity index (χ3n) is 2.48. The van der Waals surface area contributed by atoms with Crippen molar-refractivity contribution in [2.24, 2.45) is 0 Å². The van der Waals surface area contributed by atoms with Crippen LogP contribution in [0.25, 0.3) is 0 Å². The lowest BCUT2D eigenvalue weighted by molar-refractivity contribution is -0.119. The van der Waals surface area contributed by atoms with Crippen LogP contribution in [0.1, 0.15) is 19.8 Å². The molecule has 1 fully saturated rings. The number of hydrogen-bond donors (Lipinski definition) is 2. The summed E-state index contributed by atoms with van der Waals surface area (Å²) in [4.78, 5) is 11.2. The second-order valence-electron chi connectivity index (χ2n) is 3.79. The van der Waals surface area contributed by atoms with Gasteiger partial charge in [0.25, 0.3) is 0 Å². The molecule has 0 saturated carbocycles. The molecule has 0 bridgehead atoms. The van der Waals surface area contributed by atoms with Gasteiger partial charge in [0.1, 0.15) is 0 Å². The predicted octanol–water partition coefficient (Wildman–Crippen LogP) is 1.50.